The molecule has 2 rings (SSSR count). The summed E-state index contributed by atoms with van der Waals surface area (Å²) in [4.78, 5) is 0. The topological polar surface area (TPSA) is 9.23 Å². The molecule has 0 atom stereocenters. The summed E-state index contributed by atoms with van der Waals surface area (Å²) in [6.45, 7) is 3.81. The highest BCUT2D eigenvalue weighted by atomic mass is 19.1. The van der Waals surface area contributed by atoms with Crippen molar-refractivity contribution in [3.63, 3.8) is 0 Å². The van der Waals surface area contributed by atoms with E-state index in [1.165, 1.54) is 17.7 Å². The van der Waals surface area contributed by atoms with Crippen LogP contribution in [0.4, 0.5) is 4.39 Å². The molecule has 87 valence electrons. The van der Waals surface area contributed by atoms with Crippen LogP contribution in [0, 0.1) is 12.7 Å². The molecule has 0 unspecified atom stereocenters. The van der Waals surface area contributed by atoms with Crippen LogP contribution < -0.4 is 4.74 Å². The van der Waals surface area contributed by atoms with Gasteiger partial charge in [0.25, 0.3) is 0 Å². The molecule has 0 saturated carbocycles. The highest BCUT2D eigenvalue weighted by Crippen LogP contribution is 2.22. The Bertz CT molecular complexity index is 459. The van der Waals surface area contributed by atoms with Gasteiger partial charge in [-0.1, -0.05) is 19.1 Å². The number of ether oxygens (including phenoxy) is 1. The lowest BCUT2D eigenvalue weighted by atomic mass is 10.1. The van der Waals surface area contributed by atoms with Crippen molar-refractivity contribution in [3.05, 3.63) is 66.8 Å². The van der Waals surface area contributed by atoms with Crippen molar-refractivity contribution in [1.29, 1.82) is 0 Å². The number of hydrogen-bond acceptors (Lipinski definition) is 1. The third-order valence-corrected chi connectivity index (χ3v) is 2.44. The molecule has 0 aromatic heterocycles. The first-order valence-corrected chi connectivity index (χ1v) is 5.59. The van der Waals surface area contributed by atoms with Gasteiger partial charge in [-0.3, -0.25) is 0 Å². The lowest BCUT2D eigenvalue weighted by Crippen LogP contribution is -1.86. The molecular formula is C15H14FO. The van der Waals surface area contributed by atoms with Crippen molar-refractivity contribution < 1.29 is 9.13 Å². The Hall–Kier alpha value is -1.83. The van der Waals surface area contributed by atoms with Crippen LogP contribution in [0.5, 0.6) is 11.5 Å². The van der Waals surface area contributed by atoms with Crippen LogP contribution in [-0.4, -0.2) is 0 Å². The Kier molecular flexibility index (Phi) is 3.76. The van der Waals surface area contributed by atoms with E-state index in [9.17, 15) is 4.39 Å². The molecule has 17 heavy (non-hydrogen) atoms. The standard InChI is InChI=1S/C15H14FO/c1-2-3-12-4-8-14(9-5-12)17-15-10-6-13(16)7-11-15/h4-11H,1-3H2. The molecular weight excluding hydrogens is 215 g/mol. The lowest BCUT2D eigenvalue weighted by molar-refractivity contribution is 0.480. The molecule has 0 amide bonds. The van der Waals surface area contributed by atoms with E-state index in [4.69, 9.17) is 4.74 Å². The van der Waals surface area contributed by atoms with Crippen LogP contribution in [0.1, 0.15) is 12.0 Å². The number of hydrogen-bond donors (Lipinski definition) is 0. The average molecular weight is 229 g/mol. The second-order valence-electron chi connectivity index (χ2n) is 3.80. The highest BCUT2D eigenvalue weighted by Gasteiger charge is 1.98. The molecule has 0 saturated heterocycles. The maximum Gasteiger partial charge on any atom is 0.127 e. The van der Waals surface area contributed by atoms with Crippen LogP contribution in [0.25, 0.3) is 0 Å². The summed E-state index contributed by atoms with van der Waals surface area (Å²) >= 11 is 0. The van der Waals surface area contributed by atoms with Gasteiger partial charge in [-0.25, -0.2) is 4.39 Å². The Morgan fingerprint density at radius 3 is 1.94 bits per heavy atom. The van der Waals surface area contributed by atoms with Crippen molar-refractivity contribution in [1.82, 2.24) is 0 Å². The van der Waals surface area contributed by atoms with Crippen LogP contribution >= 0.6 is 0 Å². The second kappa shape index (κ2) is 5.48. The molecule has 0 aliphatic rings. The van der Waals surface area contributed by atoms with E-state index < -0.39 is 0 Å². The van der Waals surface area contributed by atoms with Crippen molar-refractivity contribution in [3.8, 4) is 11.5 Å². The van der Waals surface area contributed by atoms with E-state index in [0.29, 0.717) is 5.75 Å². The molecule has 0 fully saturated rings. The summed E-state index contributed by atoms with van der Waals surface area (Å²) in [5.74, 6) is 1.13. The van der Waals surface area contributed by atoms with Gasteiger partial charge in [-0.15, -0.1) is 0 Å². The molecule has 2 aromatic rings. The first-order chi connectivity index (χ1) is 8.28. The summed E-state index contributed by atoms with van der Waals surface area (Å²) in [6.07, 6.45) is 1.86. The van der Waals surface area contributed by atoms with Crippen LogP contribution in [0.15, 0.2) is 48.5 Å². The zero-order valence-corrected chi connectivity index (χ0v) is 9.53. The third kappa shape index (κ3) is 3.31. The van der Waals surface area contributed by atoms with Gasteiger partial charge in [0.05, 0.1) is 0 Å². The Balaban J connectivity index is 2.05. The highest BCUT2D eigenvalue weighted by molar-refractivity contribution is 5.33. The monoisotopic (exact) mass is 229 g/mol. The van der Waals surface area contributed by atoms with Crippen molar-refractivity contribution in [2.45, 2.75) is 12.8 Å². The summed E-state index contributed by atoms with van der Waals surface area (Å²) in [5, 5.41) is 0. The minimum absolute atomic E-state index is 0.261. The van der Waals surface area contributed by atoms with Gasteiger partial charge < -0.3 is 4.74 Å². The maximum atomic E-state index is 12.7. The quantitative estimate of drug-likeness (QED) is 0.755. The molecule has 0 aliphatic carbocycles. The summed E-state index contributed by atoms with van der Waals surface area (Å²) in [7, 11) is 0. The van der Waals surface area contributed by atoms with Gasteiger partial charge in [0, 0.05) is 0 Å². The average Bonchev–Trinajstić information content (AvgIpc) is 2.35. The fourth-order valence-corrected chi connectivity index (χ4v) is 1.57. The summed E-state index contributed by atoms with van der Waals surface area (Å²) in [5.41, 5.74) is 1.24. The Morgan fingerprint density at radius 2 is 1.41 bits per heavy atom. The molecule has 2 heteroatoms. The first kappa shape index (κ1) is 11.6. The molecule has 1 nitrogen and oxygen atoms in total. The van der Waals surface area contributed by atoms with Gasteiger partial charge in [0.2, 0.25) is 0 Å². The predicted molar refractivity (Wildman–Crippen MR) is 66.6 cm³/mol. The molecule has 2 aromatic carbocycles. The Labute approximate surface area is 101 Å². The van der Waals surface area contributed by atoms with E-state index in [-0.39, 0.29) is 5.82 Å². The zero-order chi connectivity index (χ0) is 12.1. The molecule has 1 radical (unpaired) electrons. The van der Waals surface area contributed by atoms with Gasteiger partial charge >= 0.3 is 0 Å². The van der Waals surface area contributed by atoms with E-state index in [0.717, 1.165) is 18.6 Å². The minimum Gasteiger partial charge on any atom is -0.457 e. The smallest absolute Gasteiger partial charge is 0.127 e. The largest absolute Gasteiger partial charge is 0.457 e. The van der Waals surface area contributed by atoms with Crippen LogP contribution in [0.2, 0.25) is 0 Å². The van der Waals surface area contributed by atoms with Crippen LogP contribution in [-0.2, 0) is 6.42 Å². The summed E-state index contributed by atoms with van der Waals surface area (Å²) < 4.78 is 18.3. The fraction of sp³-hybridized carbons (Fsp3) is 0.133. The molecule has 0 heterocycles. The number of benzene rings is 2. The normalized spacial score (nSPS) is 10.2. The lowest BCUT2D eigenvalue weighted by Gasteiger charge is -2.06. The second-order valence-corrected chi connectivity index (χ2v) is 3.80. The Morgan fingerprint density at radius 1 is 0.882 bits per heavy atom. The fourth-order valence-electron chi connectivity index (χ4n) is 1.57. The summed E-state index contributed by atoms with van der Waals surface area (Å²) in [6, 6.07) is 13.8. The number of halogens is 1. The van der Waals surface area contributed by atoms with Crippen molar-refractivity contribution in [2.24, 2.45) is 0 Å². The van der Waals surface area contributed by atoms with E-state index in [1.807, 2.05) is 24.3 Å². The molecule has 0 bridgehead atoms. The number of rotatable bonds is 4. The van der Waals surface area contributed by atoms with Gasteiger partial charge in [-0.05, 0) is 54.8 Å². The number of aryl methyl sites for hydroxylation is 1. The van der Waals surface area contributed by atoms with Gasteiger partial charge in [-0.2, -0.15) is 0 Å². The zero-order valence-electron chi connectivity index (χ0n) is 9.53. The molecule has 0 aliphatic heterocycles. The third-order valence-electron chi connectivity index (χ3n) is 2.44. The van der Waals surface area contributed by atoms with Crippen molar-refractivity contribution in [2.75, 3.05) is 0 Å². The molecule has 0 N–H and O–H groups in total. The van der Waals surface area contributed by atoms with E-state index >= 15 is 0 Å². The first-order valence-electron chi connectivity index (χ1n) is 5.59. The van der Waals surface area contributed by atoms with Crippen molar-refractivity contribution >= 4 is 0 Å². The van der Waals surface area contributed by atoms with Gasteiger partial charge in [0.1, 0.15) is 17.3 Å². The predicted octanol–water partition coefficient (Wildman–Crippen LogP) is 4.38. The minimum atomic E-state index is -0.261. The molecule has 0 spiro atoms. The van der Waals surface area contributed by atoms with E-state index in [2.05, 4.69) is 6.92 Å². The SMILES string of the molecule is [CH2]CCc1ccc(Oc2ccc(F)cc2)cc1. The maximum absolute atomic E-state index is 12.7. The van der Waals surface area contributed by atoms with E-state index in [1.54, 1.807) is 12.1 Å². The van der Waals surface area contributed by atoms with Crippen LogP contribution in [0.3, 0.4) is 0 Å². The van der Waals surface area contributed by atoms with Gasteiger partial charge in [0.15, 0.2) is 0 Å².